The summed E-state index contributed by atoms with van der Waals surface area (Å²) in [6.45, 7) is 0. The number of hydrogen-bond donors (Lipinski definition) is 0. The number of ether oxygens (including phenoxy) is 2. The van der Waals surface area contributed by atoms with E-state index in [1.807, 2.05) is 0 Å². The minimum absolute atomic E-state index is 0.0460. The molecule has 122 valence electrons. The molecule has 0 radical (unpaired) electrons. The molecule has 1 aromatic carbocycles. The van der Waals surface area contributed by atoms with Gasteiger partial charge in [0, 0.05) is 6.07 Å². The van der Waals surface area contributed by atoms with Crippen molar-refractivity contribution in [3.63, 3.8) is 0 Å². The summed E-state index contributed by atoms with van der Waals surface area (Å²) in [4.78, 5) is 23.8. The highest BCUT2D eigenvalue weighted by Crippen LogP contribution is 2.23. The van der Waals surface area contributed by atoms with Crippen LogP contribution in [0.25, 0.3) is 0 Å². The average Bonchev–Trinajstić information content (AvgIpc) is 3.16. The van der Waals surface area contributed by atoms with Crippen LogP contribution in [0.4, 0.5) is 0 Å². The first-order chi connectivity index (χ1) is 11.5. The number of benzene rings is 1. The molecule has 0 fully saturated rings. The van der Waals surface area contributed by atoms with Crippen molar-refractivity contribution in [2.75, 3.05) is 0 Å². The van der Waals surface area contributed by atoms with E-state index in [0.29, 0.717) is 9.34 Å². The smallest absolute Gasteiger partial charge is 0.379 e. The predicted molar refractivity (Wildman–Crippen MR) is 89.2 cm³/mol. The summed E-state index contributed by atoms with van der Waals surface area (Å²) in [6.07, 6.45) is 0. The van der Waals surface area contributed by atoms with Crippen molar-refractivity contribution in [3.05, 3.63) is 69.4 Å². The zero-order valence-corrected chi connectivity index (χ0v) is 15.0. The monoisotopic (exact) mass is 454 g/mol. The summed E-state index contributed by atoms with van der Waals surface area (Å²) < 4.78 is 21.4. The van der Waals surface area contributed by atoms with Crippen LogP contribution in [0, 0.1) is 0 Å². The lowest BCUT2D eigenvalue weighted by Crippen LogP contribution is -2.09. The standard InChI is InChI=1S/C16H8Br2O6/c17-13-6-4-11(23-13)15(19)21-9-2-1-3-10(8-9)22-16(20)12-5-7-14(18)24-12/h1-8H. The van der Waals surface area contributed by atoms with E-state index in [1.54, 1.807) is 30.3 Å². The summed E-state index contributed by atoms with van der Waals surface area (Å²) in [5.74, 6) is -0.829. The van der Waals surface area contributed by atoms with Gasteiger partial charge in [-0.2, -0.15) is 0 Å². The Morgan fingerprint density at radius 1 is 0.750 bits per heavy atom. The first-order valence-electron chi connectivity index (χ1n) is 6.56. The van der Waals surface area contributed by atoms with Gasteiger partial charge in [-0.1, -0.05) is 6.07 Å². The quantitative estimate of drug-likeness (QED) is 0.414. The molecule has 0 aliphatic heterocycles. The average molecular weight is 456 g/mol. The Bertz CT molecular complexity index is 826. The predicted octanol–water partition coefficient (Wildman–Crippen LogP) is 4.84. The van der Waals surface area contributed by atoms with Crippen LogP contribution in [-0.4, -0.2) is 11.9 Å². The zero-order valence-electron chi connectivity index (χ0n) is 11.8. The van der Waals surface area contributed by atoms with E-state index in [2.05, 4.69) is 31.9 Å². The van der Waals surface area contributed by atoms with E-state index in [0.717, 1.165) is 0 Å². The summed E-state index contributed by atoms with van der Waals surface area (Å²) in [6, 6.07) is 12.2. The lowest BCUT2D eigenvalue weighted by atomic mass is 10.3. The Labute approximate surface area is 152 Å². The third-order valence-corrected chi connectivity index (χ3v) is 3.63. The molecule has 3 aromatic rings. The summed E-state index contributed by atoms with van der Waals surface area (Å²) in [5.41, 5.74) is 0. The fourth-order valence-corrected chi connectivity index (χ4v) is 2.38. The van der Waals surface area contributed by atoms with Crippen LogP contribution in [0.5, 0.6) is 11.5 Å². The normalized spacial score (nSPS) is 10.4. The summed E-state index contributed by atoms with van der Waals surface area (Å²) in [7, 11) is 0. The molecule has 2 aromatic heterocycles. The molecular formula is C16H8Br2O6. The molecule has 0 amide bonds. The summed E-state index contributed by atoms with van der Waals surface area (Å²) >= 11 is 6.21. The van der Waals surface area contributed by atoms with Gasteiger partial charge in [-0.3, -0.25) is 0 Å². The van der Waals surface area contributed by atoms with Crippen LogP contribution >= 0.6 is 31.9 Å². The second-order valence-corrected chi connectivity index (χ2v) is 6.02. The van der Waals surface area contributed by atoms with Crippen LogP contribution in [-0.2, 0) is 0 Å². The number of carbonyl (C=O) groups excluding carboxylic acids is 2. The molecule has 0 bridgehead atoms. The highest BCUT2D eigenvalue weighted by molar-refractivity contribution is 9.10. The van der Waals surface area contributed by atoms with Gasteiger partial charge in [0.05, 0.1) is 0 Å². The molecule has 3 rings (SSSR count). The third-order valence-electron chi connectivity index (χ3n) is 2.78. The van der Waals surface area contributed by atoms with Gasteiger partial charge < -0.3 is 18.3 Å². The molecule has 24 heavy (non-hydrogen) atoms. The van der Waals surface area contributed by atoms with E-state index in [4.69, 9.17) is 18.3 Å². The number of furan rings is 2. The second kappa shape index (κ2) is 7.06. The second-order valence-electron chi connectivity index (χ2n) is 4.46. The van der Waals surface area contributed by atoms with E-state index in [1.165, 1.54) is 18.2 Å². The highest BCUT2D eigenvalue weighted by Gasteiger charge is 2.16. The van der Waals surface area contributed by atoms with Crippen molar-refractivity contribution < 1.29 is 27.9 Å². The Balaban J connectivity index is 1.70. The van der Waals surface area contributed by atoms with Crippen LogP contribution < -0.4 is 9.47 Å². The van der Waals surface area contributed by atoms with Gasteiger partial charge >= 0.3 is 11.9 Å². The van der Waals surface area contributed by atoms with Crippen molar-refractivity contribution in [2.24, 2.45) is 0 Å². The van der Waals surface area contributed by atoms with Gasteiger partial charge in [-0.15, -0.1) is 0 Å². The largest absolute Gasteiger partial charge is 0.442 e. The van der Waals surface area contributed by atoms with Gasteiger partial charge in [-0.25, -0.2) is 9.59 Å². The Morgan fingerprint density at radius 2 is 1.21 bits per heavy atom. The van der Waals surface area contributed by atoms with Crippen LogP contribution in [0.3, 0.4) is 0 Å². The number of halogens is 2. The first-order valence-corrected chi connectivity index (χ1v) is 8.15. The Kier molecular flexibility index (Phi) is 4.86. The molecule has 0 N–H and O–H groups in total. The molecule has 0 aliphatic carbocycles. The minimum atomic E-state index is -0.667. The number of carbonyl (C=O) groups is 2. The number of hydrogen-bond acceptors (Lipinski definition) is 6. The van der Waals surface area contributed by atoms with Crippen molar-refractivity contribution in [3.8, 4) is 11.5 Å². The first kappa shape index (κ1) is 16.5. The SMILES string of the molecule is O=C(Oc1cccc(OC(=O)c2ccc(Br)o2)c1)c1ccc(Br)o1. The minimum Gasteiger partial charge on any atom is -0.442 e. The van der Waals surface area contributed by atoms with E-state index in [-0.39, 0.29) is 23.0 Å². The van der Waals surface area contributed by atoms with E-state index < -0.39 is 11.9 Å². The molecular weight excluding hydrogens is 448 g/mol. The van der Waals surface area contributed by atoms with E-state index >= 15 is 0 Å². The molecule has 0 unspecified atom stereocenters. The highest BCUT2D eigenvalue weighted by atomic mass is 79.9. The third kappa shape index (κ3) is 3.95. The molecule has 0 spiro atoms. The van der Waals surface area contributed by atoms with Crippen LogP contribution in [0.1, 0.15) is 21.1 Å². The molecule has 0 saturated carbocycles. The van der Waals surface area contributed by atoms with E-state index in [9.17, 15) is 9.59 Å². The maximum absolute atomic E-state index is 11.9. The fourth-order valence-electron chi connectivity index (χ4n) is 1.76. The van der Waals surface area contributed by atoms with Gasteiger partial charge in [0.15, 0.2) is 9.34 Å². The van der Waals surface area contributed by atoms with Crippen molar-refractivity contribution >= 4 is 43.8 Å². The van der Waals surface area contributed by atoms with Crippen molar-refractivity contribution in [2.45, 2.75) is 0 Å². The number of esters is 2. The van der Waals surface area contributed by atoms with Gasteiger partial charge in [0.25, 0.3) is 0 Å². The van der Waals surface area contributed by atoms with Gasteiger partial charge in [-0.05, 0) is 68.3 Å². The van der Waals surface area contributed by atoms with Crippen LogP contribution in [0.2, 0.25) is 0 Å². The number of rotatable bonds is 4. The Hall–Kier alpha value is -2.32. The molecule has 2 heterocycles. The zero-order chi connectivity index (χ0) is 17.1. The topological polar surface area (TPSA) is 78.9 Å². The summed E-state index contributed by atoms with van der Waals surface area (Å²) in [5, 5.41) is 0. The van der Waals surface area contributed by atoms with Gasteiger partial charge in [0.1, 0.15) is 11.5 Å². The maximum atomic E-state index is 11.9. The lowest BCUT2D eigenvalue weighted by Gasteiger charge is -2.05. The molecule has 0 atom stereocenters. The molecule has 0 saturated heterocycles. The van der Waals surface area contributed by atoms with Crippen molar-refractivity contribution in [1.82, 2.24) is 0 Å². The molecule has 0 aliphatic rings. The lowest BCUT2D eigenvalue weighted by molar-refractivity contribution is 0.0697. The maximum Gasteiger partial charge on any atom is 0.379 e. The Morgan fingerprint density at radius 3 is 1.58 bits per heavy atom. The van der Waals surface area contributed by atoms with Crippen LogP contribution in [0.15, 0.2) is 66.7 Å². The molecule has 6 nitrogen and oxygen atoms in total. The van der Waals surface area contributed by atoms with Gasteiger partial charge in [0.2, 0.25) is 11.5 Å². The fraction of sp³-hybridized carbons (Fsp3) is 0. The van der Waals surface area contributed by atoms with Crippen molar-refractivity contribution in [1.29, 1.82) is 0 Å². The molecule has 8 heteroatoms.